The second-order valence-electron chi connectivity index (χ2n) is 2.49. The van der Waals surface area contributed by atoms with Gasteiger partial charge in [0, 0.05) is 31.6 Å². The molecule has 0 aliphatic heterocycles. The summed E-state index contributed by atoms with van der Waals surface area (Å²) < 4.78 is 6.37. The van der Waals surface area contributed by atoms with Crippen molar-refractivity contribution in [1.82, 2.24) is 4.57 Å². The van der Waals surface area contributed by atoms with Gasteiger partial charge in [-0.25, -0.2) is 0 Å². The van der Waals surface area contributed by atoms with Crippen LogP contribution in [-0.4, -0.2) is 18.3 Å². The van der Waals surface area contributed by atoms with E-state index >= 15 is 0 Å². The molecule has 1 rings (SSSR count). The molecule has 0 spiro atoms. The standard InChI is InChI=1S/C8H12N2O2/c1-12-5-4-10-6-7(9)2-3-8(10)11/h2-3,6H,4-5,9H2,1H3. The van der Waals surface area contributed by atoms with Gasteiger partial charge in [0.15, 0.2) is 0 Å². The van der Waals surface area contributed by atoms with Gasteiger partial charge in [0.05, 0.1) is 6.61 Å². The molecule has 0 saturated heterocycles. The van der Waals surface area contributed by atoms with Crippen LogP contribution in [0.2, 0.25) is 0 Å². The topological polar surface area (TPSA) is 57.2 Å². The Bertz CT molecular complexity index is 306. The van der Waals surface area contributed by atoms with Crippen LogP contribution in [0.3, 0.4) is 0 Å². The summed E-state index contributed by atoms with van der Waals surface area (Å²) in [7, 11) is 1.59. The molecule has 0 atom stereocenters. The van der Waals surface area contributed by atoms with Crippen molar-refractivity contribution >= 4 is 5.69 Å². The Kier molecular flexibility index (Phi) is 2.88. The highest BCUT2D eigenvalue weighted by molar-refractivity contribution is 5.33. The SMILES string of the molecule is COCCn1cc(N)ccc1=O. The number of pyridine rings is 1. The summed E-state index contributed by atoms with van der Waals surface area (Å²) in [4.78, 5) is 11.1. The van der Waals surface area contributed by atoms with E-state index in [4.69, 9.17) is 10.5 Å². The number of nitrogen functional groups attached to an aromatic ring is 1. The predicted octanol–water partition coefficient (Wildman–Crippen LogP) is 0.0769. The number of hydrogen-bond donors (Lipinski definition) is 1. The highest BCUT2D eigenvalue weighted by atomic mass is 16.5. The third kappa shape index (κ3) is 2.10. The number of rotatable bonds is 3. The molecule has 0 fully saturated rings. The van der Waals surface area contributed by atoms with Crippen LogP contribution in [0.5, 0.6) is 0 Å². The van der Waals surface area contributed by atoms with Gasteiger partial charge in [-0.3, -0.25) is 4.79 Å². The zero-order valence-electron chi connectivity index (χ0n) is 6.99. The van der Waals surface area contributed by atoms with Gasteiger partial charge in [0.1, 0.15) is 0 Å². The molecule has 1 aromatic heterocycles. The quantitative estimate of drug-likeness (QED) is 0.695. The molecule has 4 heteroatoms. The van der Waals surface area contributed by atoms with Crippen molar-refractivity contribution in [3.63, 3.8) is 0 Å². The predicted molar refractivity (Wildman–Crippen MR) is 47.0 cm³/mol. The van der Waals surface area contributed by atoms with Gasteiger partial charge in [-0.2, -0.15) is 0 Å². The van der Waals surface area contributed by atoms with Crippen LogP contribution in [0.25, 0.3) is 0 Å². The molecule has 12 heavy (non-hydrogen) atoms. The van der Waals surface area contributed by atoms with E-state index in [0.29, 0.717) is 18.8 Å². The number of methoxy groups -OCH3 is 1. The van der Waals surface area contributed by atoms with Crippen LogP contribution in [0.4, 0.5) is 5.69 Å². The average molecular weight is 168 g/mol. The van der Waals surface area contributed by atoms with E-state index in [1.165, 1.54) is 10.6 Å². The van der Waals surface area contributed by atoms with Gasteiger partial charge in [-0.15, -0.1) is 0 Å². The summed E-state index contributed by atoms with van der Waals surface area (Å²) in [5.41, 5.74) is 6.03. The first kappa shape index (κ1) is 8.80. The molecule has 0 aliphatic carbocycles. The van der Waals surface area contributed by atoms with E-state index in [1.54, 1.807) is 19.4 Å². The third-order valence-corrected chi connectivity index (χ3v) is 1.54. The van der Waals surface area contributed by atoms with Gasteiger partial charge < -0.3 is 15.0 Å². The van der Waals surface area contributed by atoms with Crippen molar-refractivity contribution in [1.29, 1.82) is 0 Å². The molecule has 0 saturated carbocycles. The van der Waals surface area contributed by atoms with Crippen LogP contribution in [0.15, 0.2) is 23.1 Å². The first-order valence-corrected chi connectivity index (χ1v) is 3.69. The Morgan fingerprint density at radius 3 is 3.00 bits per heavy atom. The molecule has 0 unspecified atom stereocenters. The Balaban J connectivity index is 2.83. The lowest BCUT2D eigenvalue weighted by Gasteiger charge is -2.04. The van der Waals surface area contributed by atoms with Crippen molar-refractivity contribution in [3.8, 4) is 0 Å². The molecule has 1 aromatic rings. The van der Waals surface area contributed by atoms with Crippen LogP contribution in [0, 0.1) is 0 Å². The minimum absolute atomic E-state index is 0.0544. The summed E-state index contributed by atoms with van der Waals surface area (Å²) in [6.07, 6.45) is 1.61. The van der Waals surface area contributed by atoms with Crippen LogP contribution in [-0.2, 0) is 11.3 Å². The van der Waals surface area contributed by atoms with Crippen molar-refractivity contribution < 1.29 is 4.74 Å². The molecule has 0 aromatic carbocycles. The fourth-order valence-corrected chi connectivity index (χ4v) is 0.914. The Labute approximate surface area is 70.6 Å². The highest BCUT2D eigenvalue weighted by Crippen LogP contribution is 1.95. The van der Waals surface area contributed by atoms with Crippen molar-refractivity contribution in [2.24, 2.45) is 0 Å². The van der Waals surface area contributed by atoms with Gasteiger partial charge >= 0.3 is 0 Å². The number of aromatic nitrogens is 1. The molecule has 1 heterocycles. The minimum Gasteiger partial charge on any atom is -0.398 e. The van der Waals surface area contributed by atoms with Crippen LogP contribution in [0.1, 0.15) is 0 Å². The second kappa shape index (κ2) is 3.92. The Hall–Kier alpha value is -1.29. The maximum Gasteiger partial charge on any atom is 0.250 e. The number of hydrogen-bond acceptors (Lipinski definition) is 3. The van der Waals surface area contributed by atoms with Gasteiger partial charge in [0.25, 0.3) is 5.56 Å². The van der Waals surface area contributed by atoms with E-state index in [0.717, 1.165) is 0 Å². The summed E-state index contributed by atoms with van der Waals surface area (Å²) in [6, 6.07) is 3.04. The van der Waals surface area contributed by atoms with Crippen molar-refractivity contribution in [2.45, 2.75) is 6.54 Å². The first-order valence-electron chi connectivity index (χ1n) is 3.69. The summed E-state index contributed by atoms with van der Waals surface area (Å²) >= 11 is 0. The van der Waals surface area contributed by atoms with Gasteiger partial charge in [0.2, 0.25) is 0 Å². The molecular weight excluding hydrogens is 156 g/mol. The largest absolute Gasteiger partial charge is 0.398 e. The molecule has 0 aliphatic rings. The van der Waals surface area contributed by atoms with Crippen molar-refractivity contribution in [3.05, 3.63) is 28.7 Å². The average Bonchev–Trinajstić information content (AvgIpc) is 2.07. The summed E-state index contributed by atoms with van der Waals surface area (Å²) in [5.74, 6) is 0. The molecule has 0 radical (unpaired) electrons. The Morgan fingerprint density at radius 1 is 1.58 bits per heavy atom. The van der Waals surface area contributed by atoms with Gasteiger partial charge in [-0.05, 0) is 6.07 Å². The summed E-state index contributed by atoms with van der Waals surface area (Å²) in [6.45, 7) is 1.06. The Morgan fingerprint density at radius 2 is 2.33 bits per heavy atom. The zero-order chi connectivity index (χ0) is 8.97. The number of nitrogens with zero attached hydrogens (tertiary/aromatic N) is 1. The summed E-state index contributed by atoms with van der Waals surface area (Å²) in [5, 5.41) is 0. The van der Waals surface area contributed by atoms with E-state index < -0.39 is 0 Å². The minimum atomic E-state index is -0.0544. The number of nitrogens with two attached hydrogens (primary N) is 1. The first-order chi connectivity index (χ1) is 5.74. The fraction of sp³-hybridized carbons (Fsp3) is 0.375. The number of ether oxygens (including phenoxy) is 1. The molecular formula is C8H12N2O2. The lowest BCUT2D eigenvalue weighted by molar-refractivity contribution is 0.186. The zero-order valence-corrected chi connectivity index (χ0v) is 6.99. The molecule has 2 N–H and O–H groups in total. The third-order valence-electron chi connectivity index (χ3n) is 1.54. The van der Waals surface area contributed by atoms with E-state index in [-0.39, 0.29) is 5.56 Å². The molecule has 66 valence electrons. The maximum absolute atomic E-state index is 11.1. The normalized spacial score (nSPS) is 10.1. The van der Waals surface area contributed by atoms with Gasteiger partial charge in [-0.1, -0.05) is 0 Å². The molecule has 4 nitrogen and oxygen atoms in total. The van der Waals surface area contributed by atoms with Crippen LogP contribution < -0.4 is 11.3 Å². The smallest absolute Gasteiger partial charge is 0.250 e. The molecule has 0 amide bonds. The lowest BCUT2D eigenvalue weighted by atomic mass is 10.4. The van der Waals surface area contributed by atoms with Crippen LogP contribution >= 0.6 is 0 Å². The molecule has 0 bridgehead atoms. The number of anilines is 1. The van der Waals surface area contributed by atoms with E-state index in [9.17, 15) is 4.79 Å². The monoisotopic (exact) mass is 168 g/mol. The second-order valence-corrected chi connectivity index (χ2v) is 2.49. The van der Waals surface area contributed by atoms with E-state index in [1.807, 2.05) is 0 Å². The van der Waals surface area contributed by atoms with Crippen molar-refractivity contribution in [2.75, 3.05) is 19.5 Å². The maximum atomic E-state index is 11.1. The fourth-order valence-electron chi connectivity index (χ4n) is 0.914. The lowest BCUT2D eigenvalue weighted by Crippen LogP contribution is -2.20. The van der Waals surface area contributed by atoms with E-state index in [2.05, 4.69) is 0 Å². The highest BCUT2D eigenvalue weighted by Gasteiger charge is 1.94.